The van der Waals surface area contributed by atoms with E-state index >= 15 is 0 Å². The number of hydrogen-bond acceptors (Lipinski definition) is 6. The second kappa shape index (κ2) is 6.33. The highest BCUT2D eigenvalue weighted by Gasteiger charge is 2.13. The molecular formula is C17H11FN4O3. The van der Waals surface area contributed by atoms with Crippen molar-refractivity contribution >= 4 is 12.0 Å². The van der Waals surface area contributed by atoms with Gasteiger partial charge in [-0.1, -0.05) is 0 Å². The predicted octanol–water partition coefficient (Wildman–Crippen LogP) is 2.75. The van der Waals surface area contributed by atoms with Crippen LogP contribution in [0.5, 0.6) is 17.2 Å². The van der Waals surface area contributed by atoms with Crippen LogP contribution in [0.15, 0.2) is 47.7 Å². The molecule has 3 aromatic rings. The summed E-state index contributed by atoms with van der Waals surface area (Å²) in [7, 11) is 0. The molecule has 0 radical (unpaired) electrons. The Balaban J connectivity index is 2.06. The first kappa shape index (κ1) is 16.0. The normalized spacial score (nSPS) is 10.9. The van der Waals surface area contributed by atoms with Gasteiger partial charge in [-0.25, -0.2) is 14.4 Å². The first-order valence-electron chi connectivity index (χ1n) is 7.02. The molecule has 0 saturated carbocycles. The van der Waals surface area contributed by atoms with Crippen molar-refractivity contribution in [1.82, 2.24) is 9.55 Å². The van der Waals surface area contributed by atoms with Crippen LogP contribution in [-0.4, -0.2) is 31.1 Å². The van der Waals surface area contributed by atoms with Crippen molar-refractivity contribution in [2.45, 2.75) is 0 Å². The zero-order chi connectivity index (χ0) is 18.0. The van der Waals surface area contributed by atoms with Gasteiger partial charge in [-0.3, -0.25) is 4.57 Å². The van der Waals surface area contributed by atoms with Gasteiger partial charge in [0.25, 0.3) is 0 Å². The second-order valence-electron chi connectivity index (χ2n) is 5.00. The number of aliphatic imine (C=N–C) groups is 1. The van der Waals surface area contributed by atoms with Crippen LogP contribution in [0.1, 0.15) is 11.3 Å². The molecule has 0 aliphatic rings. The van der Waals surface area contributed by atoms with Gasteiger partial charge < -0.3 is 15.3 Å². The van der Waals surface area contributed by atoms with Crippen LogP contribution < -0.4 is 0 Å². The molecule has 0 saturated heterocycles. The van der Waals surface area contributed by atoms with E-state index in [4.69, 9.17) is 0 Å². The Morgan fingerprint density at radius 3 is 2.48 bits per heavy atom. The molecule has 0 atom stereocenters. The summed E-state index contributed by atoms with van der Waals surface area (Å²) < 4.78 is 14.6. The number of benzene rings is 2. The minimum atomic E-state index is -0.670. The third-order valence-corrected chi connectivity index (χ3v) is 3.44. The molecule has 0 aliphatic heterocycles. The lowest BCUT2D eigenvalue weighted by Crippen LogP contribution is -1.93. The number of hydrogen-bond donors (Lipinski definition) is 3. The average molecular weight is 338 g/mol. The molecule has 0 aliphatic carbocycles. The summed E-state index contributed by atoms with van der Waals surface area (Å²) in [5, 5.41) is 37.9. The van der Waals surface area contributed by atoms with Crippen molar-refractivity contribution in [3.8, 4) is 29.0 Å². The molecule has 1 aromatic heterocycles. The second-order valence-corrected chi connectivity index (χ2v) is 5.00. The molecule has 124 valence electrons. The monoisotopic (exact) mass is 338 g/mol. The maximum Gasteiger partial charge on any atom is 0.200 e. The smallest absolute Gasteiger partial charge is 0.200 e. The first-order valence-corrected chi connectivity index (χ1v) is 7.02. The van der Waals surface area contributed by atoms with Gasteiger partial charge >= 0.3 is 0 Å². The van der Waals surface area contributed by atoms with Crippen LogP contribution in [0.3, 0.4) is 0 Å². The van der Waals surface area contributed by atoms with Gasteiger partial charge in [0.2, 0.25) is 5.75 Å². The van der Waals surface area contributed by atoms with E-state index in [1.165, 1.54) is 53.5 Å². The highest BCUT2D eigenvalue weighted by atomic mass is 19.1. The fraction of sp³-hybridized carbons (Fsp3) is 0. The summed E-state index contributed by atoms with van der Waals surface area (Å²) in [6, 6.07) is 9.96. The van der Waals surface area contributed by atoms with Gasteiger partial charge in [-0.15, -0.1) is 0 Å². The molecule has 3 rings (SSSR count). The van der Waals surface area contributed by atoms with Crippen molar-refractivity contribution in [3.63, 3.8) is 0 Å². The quantitative estimate of drug-likeness (QED) is 0.502. The van der Waals surface area contributed by atoms with E-state index in [1.807, 2.05) is 6.07 Å². The molecule has 0 unspecified atom stereocenters. The number of phenols is 3. The fourth-order valence-electron chi connectivity index (χ4n) is 2.15. The van der Waals surface area contributed by atoms with Gasteiger partial charge in [0.05, 0.1) is 0 Å². The average Bonchev–Trinajstić information content (AvgIpc) is 3.02. The number of phenolic OH excluding ortho intramolecular Hbond substituents is 3. The summed E-state index contributed by atoms with van der Waals surface area (Å²) in [6.45, 7) is 0. The van der Waals surface area contributed by atoms with Crippen molar-refractivity contribution in [3.05, 3.63) is 59.8 Å². The Morgan fingerprint density at radius 2 is 1.80 bits per heavy atom. The standard InChI is InChI=1S/C17H11FN4O3/c18-11-2-4-12(5-3-11)22-9-21-13(7-19)17(22)20-8-10-1-6-14(23)16(25)15(10)24/h1-6,8-9,23-25H/b20-8+. The molecule has 0 amide bonds. The molecular weight excluding hydrogens is 327 g/mol. The van der Waals surface area contributed by atoms with Crippen LogP contribution in [0.25, 0.3) is 5.69 Å². The van der Waals surface area contributed by atoms with Gasteiger partial charge in [0, 0.05) is 17.5 Å². The minimum absolute atomic E-state index is 0.0306. The summed E-state index contributed by atoms with van der Waals surface area (Å²) >= 11 is 0. The zero-order valence-electron chi connectivity index (χ0n) is 12.6. The Labute approximate surface area is 141 Å². The molecule has 0 fully saturated rings. The summed E-state index contributed by atoms with van der Waals surface area (Å²) in [5.74, 6) is -1.92. The SMILES string of the molecule is N#Cc1ncn(-c2ccc(F)cc2)c1/N=C/c1ccc(O)c(O)c1O. The maximum atomic E-state index is 13.1. The summed E-state index contributed by atoms with van der Waals surface area (Å²) in [6.07, 6.45) is 2.58. The van der Waals surface area contributed by atoms with Crippen molar-refractivity contribution < 1.29 is 19.7 Å². The Hall–Kier alpha value is -3.86. The van der Waals surface area contributed by atoms with E-state index in [0.29, 0.717) is 5.69 Å². The van der Waals surface area contributed by atoms with E-state index in [9.17, 15) is 25.0 Å². The minimum Gasteiger partial charge on any atom is -0.504 e. The van der Waals surface area contributed by atoms with Crippen LogP contribution in [-0.2, 0) is 0 Å². The van der Waals surface area contributed by atoms with Gasteiger partial charge in [0.1, 0.15) is 18.2 Å². The lowest BCUT2D eigenvalue weighted by atomic mass is 10.2. The zero-order valence-corrected chi connectivity index (χ0v) is 12.6. The predicted molar refractivity (Wildman–Crippen MR) is 86.9 cm³/mol. The highest BCUT2D eigenvalue weighted by molar-refractivity contribution is 5.87. The van der Waals surface area contributed by atoms with E-state index in [0.717, 1.165) is 0 Å². The summed E-state index contributed by atoms with van der Waals surface area (Å²) in [5.41, 5.74) is 0.703. The lowest BCUT2D eigenvalue weighted by Gasteiger charge is -2.06. The van der Waals surface area contributed by atoms with Crippen LogP contribution in [0, 0.1) is 17.1 Å². The van der Waals surface area contributed by atoms with Crippen molar-refractivity contribution in [1.29, 1.82) is 5.26 Å². The molecule has 2 aromatic carbocycles. The number of aromatic nitrogens is 2. The van der Waals surface area contributed by atoms with Gasteiger partial charge in [-0.2, -0.15) is 5.26 Å². The molecule has 8 heteroatoms. The molecule has 1 heterocycles. The number of nitrogens with zero attached hydrogens (tertiary/aromatic N) is 4. The van der Waals surface area contributed by atoms with E-state index in [2.05, 4.69) is 9.98 Å². The van der Waals surface area contributed by atoms with E-state index in [1.54, 1.807) is 0 Å². The van der Waals surface area contributed by atoms with Crippen molar-refractivity contribution in [2.24, 2.45) is 4.99 Å². The number of aromatic hydroxyl groups is 3. The fourth-order valence-corrected chi connectivity index (χ4v) is 2.15. The lowest BCUT2D eigenvalue weighted by molar-refractivity contribution is 0.367. The Bertz CT molecular complexity index is 1000. The Kier molecular flexibility index (Phi) is 4.05. The first-order chi connectivity index (χ1) is 12.0. The van der Waals surface area contributed by atoms with Crippen molar-refractivity contribution in [2.75, 3.05) is 0 Å². The topological polar surface area (TPSA) is 115 Å². The molecule has 3 N–H and O–H groups in total. The number of rotatable bonds is 3. The number of nitriles is 1. The van der Waals surface area contributed by atoms with E-state index in [-0.39, 0.29) is 17.1 Å². The van der Waals surface area contributed by atoms with Crippen LogP contribution in [0.2, 0.25) is 0 Å². The highest BCUT2D eigenvalue weighted by Crippen LogP contribution is 2.36. The summed E-state index contributed by atoms with van der Waals surface area (Å²) in [4.78, 5) is 8.09. The maximum absolute atomic E-state index is 13.1. The molecule has 25 heavy (non-hydrogen) atoms. The third-order valence-electron chi connectivity index (χ3n) is 3.44. The van der Waals surface area contributed by atoms with Crippen LogP contribution in [0.4, 0.5) is 10.2 Å². The van der Waals surface area contributed by atoms with Gasteiger partial charge in [-0.05, 0) is 36.4 Å². The number of imidazole rings is 1. The molecule has 0 bridgehead atoms. The largest absolute Gasteiger partial charge is 0.504 e. The van der Waals surface area contributed by atoms with Crippen LogP contribution >= 0.6 is 0 Å². The Morgan fingerprint density at radius 1 is 1.08 bits per heavy atom. The van der Waals surface area contributed by atoms with Gasteiger partial charge in [0.15, 0.2) is 23.0 Å². The number of halogens is 1. The van der Waals surface area contributed by atoms with E-state index < -0.39 is 23.1 Å². The third kappa shape index (κ3) is 2.98. The molecule has 0 spiro atoms. The molecule has 7 nitrogen and oxygen atoms in total.